The Kier molecular flexibility index (Phi) is 3.38. The summed E-state index contributed by atoms with van der Waals surface area (Å²) in [4.78, 5) is 11.0. The van der Waals surface area contributed by atoms with Crippen LogP contribution in [0.4, 0.5) is 0 Å². The van der Waals surface area contributed by atoms with Gasteiger partial charge in [-0.2, -0.15) is 0 Å². The lowest BCUT2D eigenvalue weighted by atomic mass is 10.1. The topological polar surface area (TPSA) is 71.4 Å². The van der Waals surface area contributed by atoms with E-state index in [4.69, 9.17) is 5.11 Å². The molecule has 0 aliphatic rings. The quantitative estimate of drug-likeness (QED) is 0.878. The van der Waals surface area contributed by atoms with Gasteiger partial charge in [-0.1, -0.05) is 6.07 Å². The fourth-order valence-corrected chi connectivity index (χ4v) is 2.72. The summed E-state index contributed by atoms with van der Waals surface area (Å²) in [6.45, 7) is 4.66. The maximum atomic E-state index is 11.9. The standard InChI is InChI=1S/C11H14O4S/c1-7(2)16(14,15)10-6-4-5-9(8(10)3)11(12)13/h4-7H,1-3H3,(H,12,13). The van der Waals surface area contributed by atoms with Gasteiger partial charge in [-0.15, -0.1) is 0 Å². The van der Waals surface area contributed by atoms with Crippen LogP contribution in [0, 0.1) is 6.92 Å². The number of hydrogen-bond acceptors (Lipinski definition) is 3. The van der Waals surface area contributed by atoms with Gasteiger partial charge in [0.05, 0.1) is 15.7 Å². The van der Waals surface area contributed by atoms with Gasteiger partial charge in [0.25, 0.3) is 0 Å². The number of aromatic carboxylic acids is 1. The molecule has 16 heavy (non-hydrogen) atoms. The fourth-order valence-electron chi connectivity index (χ4n) is 1.41. The highest BCUT2D eigenvalue weighted by Crippen LogP contribution is 2.22. The van der Waals surface area contributed by atoms with Crippen molar-refractivity contribution >= 4 is 15.8 Å². The molecule has 0 aliphatic heterocycles. The molecule has 0 fully saturated rings. The average Bonchev–Trinajstić information content (AvgIpc) is 2.16. The van der Waals surface area contributed by atoms with E-state index in [0.717, 1.165) is 0 Å². The number of sulfone groups is 1. The van der Waals surface area contributed by atoms with Crippen LogP contribution in [-0.4, -0.2) is 24.7 Å². The summed E-state index contributed by atoms with van der Waals surface area (Å²) in [7, 11) is -3.43. The third-order valence-corrected chi connectivity index (χ3v) is 4.74. The maximum Gasteiger partial charge on any atom is 0.335 e. The normalized spacial score (nSPS) is 11.8. The van der Waals surface area contributed by atoms with Gasteiger partial charge in [-0.25, -0.2) is 13.2 Å². The zero-order chi connectivity index (χ0) is 12.5. The Morgan fingerprint density at radius 3 is 2.31 bits per heavy atom. The summed E-state index contributed by atoms with van der Waals surface area (Å²) in [5.74, 6) is -1.11. The van der Waals surface area contributed by atoms with E-state index >= 15 is 0 Å². The van der Waals surface area contributed by atoms with Crippen molar-refractivity contribution in [1.82, 2.24) is 0 Å². The molecule has 0 spiro atoms. The molecule has 0 heterocycles. The number of benzene rings is 1. The zero-order valence-corrected chi connectivity index (χ0v) is 10.2. The van der Waals surface area contributed by atoms with Crippen LogP contribution in [0.15, 0.2) is 23.1 Å². The highest BCUT2D eigenvalue weighted by molar-refractivity contribution is 7.92. The second-order valence-corrected chi connectivity index (χ2v) is 6.30. The first kappa shape index (κ1) is 12.7. The Bertz CT molecular complexity index is 515. The minimum Gasteiger partial charge on any atom is -0.478 e. The predicted octanol–water partition coefficient (Wildman–Crippen LogP) is 1.88. The highest BCUT2D eigenvalue weighted by Gasteiger charge is 2.23. The Morgan fingerprint density at radius 1 is 1.31 bits per heavy atom. The first-order valence-electron chi connectivity index (χ1n) is 4.85. The van der Waals surface area contributed by atoms with E-state index in [1.807, 2.05) is 0 Å². The van der Waals surface area contributed by atoms with Gasteiger partial charge in [0, 0.05) is 0 Å². The third-order valence-electron chi connectivity index (χ3n) is 2.44. The lowest BCUT2D eigenvalue weighted by Crippen LogP contribution is -2.16. The molecule has 0 unspecified atom stereocenters. The summed E-state index contributed by atoms with van der Waals surface area (Å²) in [5, 5.41) is 8.34. The van der Waals surface area contributed by atoms with E-state index in [-0.39, 0.29) is 10.5 Å². The maximum absolute atomic E-state index is 11.9. The van der Waals surface area contributed by atoms with E-state index < -0.39 is 21.1 Å². The van der Waals surface area contributed by atoms with Gasteiger partial charge in [0.1, 0.15) is 0 Å². The minimum atomic E-state index is -3.43. The van der Waals surface area contributed by atoms with Crippen molar-refractivity contribution in [3.8, 4) is 0 Å². The Hall–Kier alpha value is -1.36. The van der Waals surface area contributed by atoms with Gasteiger partial charge in [0.15, 0.2) is 9.84 Å². The first-order chi connectivity index (χ1) is 7.28. The lowest BCUT2D eigenvalue weighted by Gasteiger charge is -2.12. The molecule has 1 aromatic carbocycles. The molecule has 1 N–H and O–H groups in total. The van der Waals surface area contributed by atoms with Crippen molar-refractivity contribution in [3.05, 3.63) is 29.3 Å². The first-order valence-corrected chi connectivity index (χ1v) is 6.40. The van der Waals surface area contributed by atoms with Gasteiger partial charge in [-0.3, -0.25) is 0 Å². The summed E-state index contributed by atoms with van der Waals surface area (Å²) in [6.07, 6.45) is 0. The molecule has 0 amide bonds. The van der Waals surface area contributed by atoms with Crippen molar-refractivity contribution in [2.75, 3.05) is 0 Å². The fraction of sp³-hybridized carbons (Fsp3) is 0.364. The van der Waals surface area contributed by atoms with E-state index in [2.05, 4.69) is 0 Å². The summed E-state index contributed by atoms with van der Waals surface area (Å²) >= 11 is 0. The Morgan fingerprint density at radius 2 is 1.88 bits per heavy atom. The second kappa shape index (κ2) is 4.25. The predicted molar refractivity (Wildman–Crippen MR) is 60.5 cm³/mol. The number of rotatable bonds is 3. The summed E-state index contributed by atoms with van der Waals surface area (Å²) < 4.78 is 23.9. The Balaban J connectivity index is 3.49. The van der Waals surface area contributed by atoms with Gasteiger partial charge < -0.3 is 5.11 Å². The molecule has 5 heteroatoms. The largest absolute Gasteiger partial charge is 0.478 e. The van der Waals surface area contributed by atoms with Crippen LogP contribution in [0.2, 0.25) is 0 Å². The van der Waals surface area contributed by atoms with Gasteiger partial charge >= 0.3 is 5.97 Å². The molecule has 0 bridgehead atoms. The molecule has 0 aliphatic carbocycles. The van der Waals surface area contributed by atoms with Gasteiger partial charge in [0.2, 0.25) is 0 Å². The van der Waals surface area contributed by atoms with Crippen molar-refractivity contribution < 1.29 is 18.3 Å². The smallest absolute Gasteiger partial charge is 0.335 e. The van der Waals surface area contributed by atoms with E-state index in [9.17, 15) is 13.2 Å². The SMILES string of the molecule is Cc1c(C(=O)O)cccc1S(=O)(=O)C(C)C. The summed E-state index contributed by atoms with van der Waals surface area (Å²) in [6, 6.07) is 4.29. The van der Waals surface area contributed by atoms with Crippen LogP contribution in [0.25, 0.3) is 0 Å². The third kappa shape index (κ3) is 2.09. The molecule has 0 radical (unpaired) electrons. The zero-order valence-electron chi connectivity index (χ0n) is 9.39. The van der Waals surface area contributed by atoms with Crippen molar-refractivity contribution in [2.24, 2.45) is 0 Å². The Labute approximate surface area is 94.8 Å². The molecule has 1 aromatic rings. The van der Waals surface area contributed by atoms with Crippen LogP contribution in [0.5, 0.6) is 0 Å². The van der Waals surface area contributed by atoms with Gasteiger partial charge in [-0.05, 0) is 38.5 Å². The van der Waals surface area contributed by atoms with Crippen molar-refractivity contribution in [3.63, 3.8) is 0 Å². The molecule has 0 saturated heterocycles. The lowest BCUT2D eigenvalue weighted by molar-refractivity contribution is 0.0696. The molecule has 88 valence electrons. The van der Waals surface area contributed by atoms with E-state index in [1.54, 1.807) is 13.8 Å². The van der Waals surface area contributed by atoms with E-state index in [0.29, 0.717) is 5.56 Å². The second-order valence-electron chi connectivity index (χ2n) is 3.83. The van der Waals surface area contributed by atoms with Crippen LogP contribution >= 0.6 is 0 Å². The molecule has 0 aromatic heterocycles. The molecule has 4 nitrogen and oxygen atoms in total. The average molecular weight is 242 g/mol. The molecular formula is C11H14O4S. The number of hydrogen-bond donors (Lipinski definition) is 1. The van der Waals surface area contributed by atoms with E-state index in [1.165, 1.54) is 25.1 Å². The highest BCUT2D eigenvalue weighted by atomic mass is 32.2. The molecule has 0 atom stereocenters. The van der Waals surface area contributed by atoms with Crippen LogP contribution in [0.3, 0.4) is 0 Å². The molecule has 0 saturated carbocycles. The van der Waals surface area contributed by atoms with Crippen LogP contribution < -0.4 is 0 Å². The van der Waals surface area contributed by atoms with Crippen molar-refractivity contribution in [1.29, 1.82) is 0 Å². The summed E-state index contributed by atoms with van der Waals surface area (Å²) in [5.41, 5.74) is 0.324. The monoisotopic (exact) mass is 242 g/mol. The number of carbonyl (C=O) groups is 1. The van der Waals surface area contributed by atoms with Crippen molar-refractivity contribution in [2.45, 2.75) is 30.9 Å². The number of carboxylic acid groups (broad SMARTS) is 1. The molecule has 1 rings (SSSR count). The van der Waals surface area contributed by atoms with Crippen LogP contribution in [0.1, 0.15) is 29.8 Å². The van der Waals surface area contributed by atoms with Crippen LogP contribution in [-0.2, 0) is 9.84 Å². The minimum absolute atomic E-state index is 0.0294. The number of carboxylic acids is 1. The molecular weight excluding hydrogens is 228 g/mol.